The molecule has 9 rings (SSSR count). The van der Waals surface area contributed by atoms with Gasteiger partial charge in [-0.15, -0.1) is 54.1 Å². The van der Waals surface area contributed by atoms with Crippen molar-refractivity contribution in [3.05, 3.63) is 162 Å². The number of benzene rings is 5. The number of furan rings is 1. The Morgan fingerprint density at radius 2 is 1.36 bits per heavy atom. The van der Waals surface area contributed by atoms with Crippen molar-refractivity contribution in [3.8, 4) is 39.5 Å². The molecule has 0 aliphatic carbocycles. The van der Waals surface area contributed by atoms with Gasteiger partial charge in [0.25, 0.3) is 0 Å². The van der Waals surface area contributed by atoms with Crippen molar-refractivity contribution in [2.75, 3.05) is 0 Å². The molecule has 0 atom stereocenters. The number of pyridine rings is 2. The van der Waals surface area contributed by atoms with Crippen LogP contribution in [0.3, 0.4) is 0 Å². The zero-order chi connectivity index (χ0) is 45.7. The average molecular weight is 1040 g/mol. The van der Waals surface area contributed by atoms with Crippen LogP contribution in [0.5, 0.6) is 0 Å². The van der Waals surface area contributed by atoms with E-state index < -0.39 is 14.0 Å². The van der Waals surface area contributed by atoms with E-state index in [2.05, 4.69) is 169 Å². The first-order valence-corrected chi connectivity index (χ1v) is 25.7. The van der Waals surface area contributed by atoms with Gasteiger partial charge in [-0.3, -0.25) is 4.98 Å². The number of para-hydroxylation sites is 1. The van der Waals surface area contributed by atoms with Crippen LogP contribution in [0.2, 0.25) is 19.6 Å². The third kappa shape index (κ3) is 9.22. The Bertz CT molecular complexity index is 3090. The number of hydrogen-bond donors (Lipinski definition) is 0. The molecule has 9 aromatic rings. The molecular formula is C57H60IrN4OSi-2. The van der Waals surface area contributed by atoms with Crippen molar-refractivity contribution in [3.63, 3.8) is 0 Å². The maximum atomic E-state index is 8.44. The van der Waals surface area contributed by atoms with Gasteiger partial charge in [0.05, 0.1) is 25.0 Å². The molecule has 0 saturated heterocycles. The van der Waals surface area contributed by atoms with Crippen LogP contribution in [0.25, 0.3) is 72.6 Å². The summed E-state index contributed by atoms with van der Waals surface area (Å²) < 4.78 is 17.3. The van der Waals surface area contributed by atoms with Gasteiger partial charge in [0.1, 0.15) is 5.58 Å². The molecule has 0 aliphatic heterocycles. The van der Waals surface area contributed by atoms with E-state index in [-0.39, 0.29) is 37.4 Å². The zero-order valence-corrected chi connectivity index (χ0v) is 42.7. The minimum atomic E-state index is -1.50. The van der Waals surface area contributed by atoms with E-state index in [0.717, 1.165) is 72.7 Å². The Morgan fingerprint density at radius 3 is 1.98 bits per heavy atom. The van der Waals surface area contributed by atoms with Gasteiger partial charge in [0, 0.05) is 49.9 Å². The van der Waals surface area contributed by atoms with Crippen molar-refractivity contribution >= 4 is 46.4 Å². The number of fused-ring (bicyclic) bond motifs is 4. The molecule has 0 amide bonds. The Balaban J connectivity index is 0.000000253. The van der Waals surface area contributed by atoms with E-state index in [1.165, 1.54) is 27.4 Å². The second-order valence-corrected chi connectivity index (χ2v) is 24.6. The van der Waals surface area contributed by atoms with Gasteiger partial charge in [0.15, 0.2) is 5.65 Å². The average Bonchev–Trinajstić information content (AvgIpc) is 3.84. The smallest absolute Gasteiger partial charge is 0.155 e. The topological polar surface area (TPSA) is 56.7 Å². The summed E-state index contributed by atoms with van der Waals surface area (Å²) in [6, 6.07) is 48.6. The third-order valence-electron chi connectivity index (χ3n) is 11.8. The third-order valence-corrected chi connectivity index (χ3v) is 13.8. The monoisotopic (exact) mass is 1040 g/mol. The Morgan fingerprint density at radius 1 is 0.688 bits per heavy atom. The van der Waals surface area contributed by atoms with E-state index in [9.17, 15) is 0 Å². The van der Waals surface area contributed by atoms with Gasteiger partial charge in [-0.1, -0.05) is 153 Å². The molecule has 0 unspecified atom stereocenters. The van der Waals surface area contributed by atoms with Gasteiger partial charge in [-0.05, 0) is 81.2 Å². The van der Waals surface area contributed by atoms with Crippen molar-refractivity contribution in [1.82, 2.24) is 19.5 Å². The molecule has 64 heavy (non-hydrogen) atoms. The molecule has 0 spiro atoms. The normalized spacial score (nSPS) is 12.4. The van der Waals surface area contributed by atoms with Crippen LogP contribution >= 0.6 is 0 Å². The van der Waals surface area contributed by atoms with Crippen LogP contribution in [-0.4, -0.2) is 27.6 Å². The summed E-state index contributed by atoms with van der Waals surface area (Å²) in [7, 11) is -1.50. The van der Waals surface area contributed by atoms with Gasteiger partial charge >= 0.3 is 0 Å². The van der Waals surface area contributed by atoms with Crippen molar-refractivity contribution in [2.45, 2.75) is 105 Å². The molecule has 7 heteroatoms. The minimum absolute atomic E-state index is 0. The number of rotatable bonds is 8. The van der Waals surface area contributed by atoms with Crippen LogP contribution in [0.1, 0.15) is 104 Å². The number of imidazole rings is 1. The van der Waals surface area contributed by atoms with Crippen molar-refractivity contribution < 1.29 is 25.9 Å². The van der Waals surface area contributed by atoms with E-state index in [4.69, 9.17) is 15.8 Å². The Labute approximate surface area is 396 Å². The summed E-state index contributed by atoms with van der Waals surface area (Å²) in [5.74, 6) is 0.697. The fourth-order valence-electron chi connectivity index (χ4n) is 8.39. The molecule has 1 radical (unpaired) electrons. The predicted octanol–water partition coefficient (Wildman–Crippen LogP) is 15.2. The van der Waals surface area contributed by atoms with Crippen LogP contribution < -0.4 is 5.19 Å². The molecule has 329 valence electrons. The molecule has 0 bridgehead atoms. The van der Waals surface area contributed by atoms with Gasteiger partial charge < -0.3 is 14.0 Å². The molecule has 5 nitrogen and oxygen atoms in total. The zero-order valence-electron chi connectivity index (χ0n) is 40.3. The molecule has 4 aromatic heterocycles. The predicted molar refractivity (Wildman–Crippen MR) is 268 cm³/mol. The maximum absolute atomic E-state index is 8.44. The van der Waals surface area contributed by atoms with Gasteiger partial charge in [-0.25, -0.2) is 4.98 Å². The second kappa shape index (κ2) is 18.6. The first-order valence-electron chi connectivity index (χ1n) is 22.7. The first-order chi connectivity index (χ1) is 30.3. The van der Waals surface area contributed by atoms with E-state index in [1.807, 2.05) is 62.5 Å². The fraction of sp³-hybridized carbons (Fsp3) is 0.281. The molecule has 5 aromatic carbocycles. The van der Waals surface area contributed by atoms with Gasteiger partial charge in [-0.2, -0.15) is 0 Å². The maximum Gasteiger partial charge on any atom is 0.155 e. The molecular weight excluding hydrogens is 977 g/mol. The van der Waals surface area contributed by atoms with E-state index >= 15 is 0 Å². The molecule has 0 saturated carbocycles. The molecule has 0 fully saturated rings. The van der Waals surface area contributed by atoms with Crippen molar-refractivity contribution in [1.29, 1.82) is 0 Å². The molecule has 4 heterocycles. The summed E-state index contributed by atoms with van der Waals surface area (Å²) in [6.07, 6.45) is 1.98. The SMILES string of the molecule is CC(C)c1cc(-c2ccccc2)cc(C(C)C)c1-n1c(-c2[c-]ccc3c2oc2ccccc23)nc2ccc(C(C)(C)C)nc21.[2H]C(C)(C)c1cc(-c2[c-]cccc2)ncc1[Si](C)(C)C.[Ir]. The Kier molecular flexibility index (Phi) is 13.1. The summed E-state index contributed by atoms with van der Waals surface area (Å²) in [5, 5.41) is 3.42. The first kappa shape index (κ1) is 45.1. The largest absolute Gasteiger partial charge is 0.501 e. The summed E-state index contributed by atoms with van der Waals surface area (Å²) in [5.41, 5.74) is 14.2. The molecule has 0 aliphatic rings. The van der Waals surface area contributed by atoms with E-state index in [1.54, 1.807) is 0 Å². The standard InChI is InChI=1S/C40H38N3O.C17H22NSi.Ir/c1-24(2)31-22-27(26-14-9-8-10-15-26)23-32(25(3)4)36(31)43-38(41-33-20-21-35(40(5,6)7)42-39(33)43)30-18-13-17-29-28-16-11-12-19-34(28)44-37(29)30;1-13(2)15-11-16(14-9-7-6-8-10-14)18-12-17(15)19(3,4)5;/h8-17,19-25H,1-7H3;6-9,11-13H,1-5H3;/q2*-1;/i;13D;. The number of nitrogens with zero attached hydrogens (tertiary/aromatic N) is 4. The summed E-state index contributed by atoms with van der Waals surface area (Å²) in [6.45, 7) is 26.5. The summed E-state index contributed by atoms with van der Waals surface area (Å²) >= 11 is 0. The van der Waals surface area contributed by atoms with E-state index in [0.29, 0.717) is 0 Å². The fourth-order valence-corrected chi connectivity index (χ4v) is 9.98. The second-order valence-electron chi connectivity index (χ2n) is 19.6. The number of hydrogen-bond acceptors (Lipinski definition) is 4. The van der Waals surface area contributed by atoms with Gasteiger partial charge in [0.2, 0.25) is 0 Å². The van der Waals surface area contributed by atoms with Crippen LogP contribution in [-0.2, 0) is 25.5 Å². The van der Waals surface area contributed by atoms with Crippen LogP contribution in [0.15, 0.2) is 132 Å². The minimum Gasteiger partial charge on any atom is -0.501 e. The van der Waals surface area contributed by atoms with Crippen LogP contribution in [0, 0.1) is 12.1 Å². The molecule has 0 N–H and O–H groups in total. The summed E-state index contributed by atoms with van der Waals surface area (Å²) in [4.78, 5) is 15.2. The quantitative estimate of drug-likeness (QED) is 0.112. The van der Waals surface area contributed by atoms with Crippen LogP contribution in [0.4, 0.5) is 0 Å². The number of aromatic nitrogens is 4. The Hall–Kier alpha value is -5.46. The van der Waals surface area contributed by atoms with Crippen molar-refractivity contribution in [2.24, 2.45) is 0 Å².